The normalized spacial score (nSPS) is 11.9. The van der Waals surface area contributed by atoms with Gasteiger partial charge in [0.25, 0.3) is 0 Å². The van der Waals surface area contributed by atoms with E-state index < -0.39 is 12.1 Å². The maximum Gasteiger partial charge on any atom is 0.404 e. The van der Waals surface area contributed by atoms with Gasteiger partial charge in [0.1, 0.15) is 0 Å². The summed E-state index contributed by atoms with van der Waals surface area (Å²) < 4.78 is 0. The van der Waals surface area contributed by atoms with Crippen molar-refractivity contribution in [3.63, 3.8) is 0 Å². The van der Waals surface area contributed by atoms with Crippen LogP contribution in [0.1, 0.15) is 26.7 Å². The van der Waals surface area contributed by atoms with Crippen molar-refractivity contribution in [1.29, 1.82) is 0 Å². The molecule has 2 amide bonds. The predicted molar refractivity (Wildman–Crippen MR) is 61.2 cm³/mol. The summed E-state index contributed by atoms with van der Waals surface area (Å²) in [4.78, 5) is 23.5. The van der Waals surface area contributed by atoms with E-state index in [2.05, 4.69) is 5.32 Å². The Morgan fingerprint density at radius 3 is 2.38 bits per heavy atom. The Labute approximate surface area is 95.8 Å². The minimum absolute atomic E-state index is 0.0691. The summed E-state index contributed by atoms with van der Waals surface area (Å²) in [6, 6.07) is -0.532. The number of carbonyl (C=O) groups excluding carboxylic acids is 1. The molecule has 0 aromatic rings. The van der Waals surface area contributed by atoms with Crippen molar-refractivity contribution in [2.75, 3.05) is 19.6 Å². The number of hydrogen-bond donors (Lipinski definition) is 3. The Kier molecular flexibility index (Phi) is 7.28. The lowest BCUT2D eigenvalue weighted by atomic mass is 10.1. The van der Waals surface area contributed by atoms with Crippen LogP contribution < -0.4 is 11.1 Å². The fraction of sp³-hybridized carbons (Fsp3) is 0.800. The zero-order chi connectivity index (χ0) is 12.6. The molecule has 94 valence electrons. The number of nitrogens with two attached hydrogens (primary N) is 1. The van der Waals surface area contributed by atoms with Crippen LogP contribution in [-0.4, -0.2) is 47.7 Å². The van der Waals surface area contributed by atoms with Crippen LogP contribution in [0.25, 0.3) is 0 Å². The van der Waals surface area contributed by atoms with Crippen LogP contribution in [0.4, 0.5) is 4.79 Å². The van der Waals surface area contributed by atoms with Crippen molar-refractivity contribution in [1.82, 2.24) is 10.2 Å². The van der Waals surface area contributed by atoms with Gasteiger partial charge in [-0.05, 0) is 26.7 Å². The minimum atomic E-state index is -1.05. The Bertz CT molecular complexity index is 229. The molecule has 6 nitrogen and oxygen atoms in total. The van der Waals surface area contributed by atoms with Gasteiger partial charge in [-0.25, -0.2) is 4.79 Å². The number of carbonyl (C=O) groups is 2. The van der Waals surface area contributed by atoms with Crippen molar-refractivity contribution in [3.8, 4) is 0 Å². The first-order valence-electron chi connectivity index (χ1n) is 5.54. The van der Waals surface area contributed by atoms with Crippen LogP contribution >= 0.6 is 0 Å². The zero-order valence-electron chi connectivity index (χ0n) is 9.90. The Morgan fingerprint density at radius 1 is 1.38 bits per heavy atom. The molecule has 0 saturated carbocycles. The first-order chi connectivity index (χ1) is 7.52. The molecule has 0 saturated heterocycles. The highest BCUT2D eigenvalue weighted by molar-refractivity contribution is 5.81. The van der Waals surface area contributed by atoms with E-state index in [4.69, 9.17) is 10.8 Å². The first kappa shape index (κ1) is 14.7. The van der Waals surface area contributed by atoms with Crippen LogP contribution in [0.5, 0.6) is 0 Å². The van der Waals surface area contributed by atoms with Gasteiger partial charge < -0.3 is 21.1 Å². The smallest absolute Gasteiger partial charge is 0.404 e. The van der Waals surface area contributed by atoms with E-state index in [0.29, 0.717) is 32.5 Å². The molecule has 0 aromatic carbocycles. The number of nitrogens with one attached hydrogen (secondary N) is 1. The molecule has 0 aliphatic carbocycles. The van der Waals surface area contributed by atoms with Gasteiger partial charge in [-0.1, -0.05) is 0 Å². The van der Waals surface area contributed by atoms with Gasteiger partial charge in [0, 0.05) is 19.6 Å². The molecule has 0 fully saturated rings. The average Bonchev–Trinajstić information content (AvgIpc) is 2.25. The van der Waals surface area contributed by atoms with Crippen molar-refractivity contribution in [2.24, 2.45) is 5.73 Å². The van der Waals surface area contributed by atoms with E-state index in [0.717, 1.165) is 0 Å². The summed E-state index contributed by atoms with van der Waals surface area (Å²) in [7, 11) is 0. The van der Waals surface area contributed by atoms with Gasteiger partial charge >= 0.3 is 6.09 Å². The zero-order valence-corrected chi connectivity index (χ0v) is 9.90. The molecule has 0 rings (SSSR count). The second kappa shape index (κ2) is 7.92. The molecule has 6 heteroatoms. The van der Waals surface area contributed by atoms with E-state index in [9.17, 15) is 9.59 Å². The van der Waals surface area contributed by atoms with Crippen LogP contribution in [0.2, 0.25) is 0 Å². The second-order valence-electron chi connectivity index (χ2n) is 3.49. The maximum absolute atomic E-state index is 11.7. The topological polar surface area (TPSA) is 95.7 Å². The lowest BCUT2D eigenvalue weighted by molar-refractivity contribution is -0.132. The number of rotatable bonds is 7. The van der Waals surface area contributed by atoms with Crippen LogP contribution in [0.3, 0.4) is 0 Å². The Hall–Kier alpha value is -1.30. The van der Waals surface area contributed by atoms with Gasteiger partial charge in [-0.3, -0.25) is 4.79 Å². The molecule has 0 aromatic heterocycles. The quantitative estimate of drug-likeness (QED) is 0.546. The van der Waals surface area contributed by atoms with E-state index in [-0.39, 0.29) is 5.91 Å². The summed E-state index contributed by atoms with van der Waals surface area (Å²) >= 11 is 0. The van der Waals surface area contributed by atoms with Crippen LogP contribution in [0, 0.1) is 0 Å². The van der Waals surface area contributed by atoms with Crippen molar-refractivity contribution < 1.29 is 14.7 Å². The number of nitrogens with zero attached hydrogens (tertiary/aromatic N) is 1. The Balaban J connectivity index is 3.82. The maximum atomic E-state index is 11.7. The highest BCUT2D eigenvalue weighted by Crippen LogP contribution is 1.99. The Morgan fingerprint density at radius 2 is 1.94 bits per heavy atom. The largest absolute Gasteiger partial charge is 0.465 e. The van der Waals surface area contributed by atoms with E-state index in [1.54, 1.807) is 4.90 Å². The monoisotopic (exact) mass is 231 g/mol. The molecule has 1 unspecified atom stereocenters. The van der Waals surface area contributed by atoms with Gasteiger partial charge in [0.15, 0.2) is 0 Å². The molecule has 16 heavy (non-hydrogen) atoms. The SMILES string of the molecule is CCN(CC)C(=O)C(N)CCCNC(=O)O. The standard InChI is InChI=1S/C10H21N3O3/c1-3-13(4-2)9(14)8(11)6-5-7-12-10(15)16/h8,12H,3-7,11H2,1-2H3,(H,15,16). The molecule has 4 N–H and O–H groups in total. The lowest BCUT2D eigenvalue weighted by Crippen LogP contribution is -2.43. The minimum Gasteiger partial charge on any atom is -0.465 e. The summed E-state index contributed by atoms with van der Waals surface area (Å²) in [5.41, 5.74) is 5.72. The third-order valence-corrected chi connectivity index (χ3v) is 2.36. The number of amides is 2. The summed E-state index contributed by atoms with van der Waals surface area (Å²) in [6.45, 7) is 5.43. The van der Waals surface area contributed by atoms with Gasteiger partial charge in [0.05, 0.1) is 6.04 Å². The third-order valence-electron chi connectivity index (χ3n) is 2.36. The second-order valence-corrected chi connectivity index (χ2v) is 3.49. The van der Waals surface area contributed by atoms with Crippen LogP contribution in [-0.2, 0) is 4.79 Å². The summed E-state index contributed by atoms with van der Waals surface area (Å²) in [6.07, 6.45) is 0.0134. The van der Waals surface area contributed by atoms with Crippen molar-refractivity contribution in [2.45, 2.75) is 32.7 Å². The average molecular weight is 231 g/mol. The molecule has 0 spiro atoms. The number of hydrogen-bond acceptors (Lipinski definition) is 3. The fourth-order valence-electron chi connectivity index (χ4n) is 1.41. The molecular weight excluding hydrogens is 210 g/mol. The number of carboxylic acid groups (broad SMARTS) is 1. The van der Waals surface area contributed by atoms with E-state index in [1.807, 2.05) is 13.8 Å². The number of likely N-dealkylation sites (N-methyl/N-ethyl adjacent to an activating group) is 1. The third kappa shape index (κ3) is 5.55. The molecule has 1 atom stereocenters. The lowest BCUT2D eigenvalue weighted by Gasteiger charge is -2.22. The summed E-state index contributed by atoms with van der Waals surface area (Å²) in [5, 5.41) is 10.6. The van der Waals surface area contributed by atoms with Gasteiger partial charge in [0.2, 0.25) is 5.91 Å². The highest BCUT2D eigenvalue weighted by Gasteiger charge is 2.17. The first-order valence-corrected chi connectivity index (χ1v) is 5.54. The molecule has 0 heterocycles. The van der Waals surface area contributed by atoms with Gasteiger partial charge in [-0.15, -0.1) is 0 Å². The molecule has 0 aliphatic heterocycles. The highest BCUT2D eigenvalue weighted by atomic mass is 16.4. The van der Waals surface area contributed by atoms with E-state index in [1.165, 1.54) is 0 Å². The van der Waals surface area contributed by atoms with Crippen molar-refractivity contribution >= 4 is 12.0 Å². The summed E-state index contributed by atoms with van der Waals surface area (Å²) in [5.74, 6) is -0.0691. The molecular formula is C10H21N3O3. The van der Waals surface area contributed by atoms with Crippen LogP contribution in [0.15, 0.2) is 0 Å². The molecule has 0 radical (unpaired) electrons. The van der Waals surface area contributed by atoms with Gasteiger partial charge in [-0.2, -0.15) is 0 Å². The van der Waals surface area contributed by atoms with Crippen molar-refractivity contribution in [3.05, 3.63) is 0 Å². The molecule has 0 aliphatic rings. The predicted octanol–water partition coefficient (Wildman–Crippen LogP) is 0.230. The van der Waals surface area contributed by atoms with E-state index >= 15 is 0 Å². The molecule has 0 bridgehead atoms. The fourth-order valence-corrected chi connectivity index (χ4v) is 1.41.